The Morgan fingerprint density at radius 3 is 2.56 bits per heavy atom. The predicted molar refractivity (Wildman–Crippen MR) is 77.2 cm³/mol. The van der Waals surface area contributed by atoms with Crippen molar-refractivity contribution in [1.82, 2.24) is 10.1 Å². The molecule has 11 heteroatoms. The van der Waals surface area contributed by atoms with Crippen molar-refractivity contribution in [2.75, 3.05) is 14.2 Å². The first-order chi connectivity index (χ1) is 11.7. The van der Waals surface area contributed by atoms with Crippen LogP contribution in [-0.2, 0) is 6.18 Å². The normalized spacial score (nSPS) is 14.6. The summed E-state index contributed by atoms with van der Waals surface area (Å²) in [6.45, 7) is 0. The molecule has 0 unspecified atom stereocenters. The van der Waals surface area contributed by atoms with E-state index in [2.05, 4.69) is 4.63 Å². The molecular weight excluding hydrogens is 347 g/mol. The Hall–Kier alpha value is -2.85. The molecule has 0 bridgehead atoms. The molecule has 1 saturated carbocycles. The number of fused-ring (bicyclic) bond motifs is 1. The number of hydrogen-bond acceptors (Lipinski definition) is 5. The van der Waals surface area contributed by atoms with Gasteiger partial charge >= 0.3 is 17.8 Å². The second-order valence-electron chi connectivity index (χ2n) is 5.53. The van der Waals surface area contributed by atoms with E-state index in [9.17, 15) is 27.7 Å². The summed E-state index contributed by atoms with van der Waals surface area (Å²) in [5.74, 6) is -0.371. The van der Waals surface area contributed by atoms with Gasteiger partial charge in [0.1, 0.15) is 11.1 Å². The molecule has 0 saturated heterocycles. The third-order valence-corrected chi connectivity index (χ3v) is 3.95. The monoisotopic (exact) mass is 360 g/mol. The van der Waals surface area contributed by atoms with Gasteiger partial charge in [-0.25, -0.2) is 9.59 Å². The lowest BCUT2D eigenvalue weighted by molar-refractivity contribution is -0.704. The summed E-state index contributed by atoms with van der Waals surface area (Å²) in [5.41, 5.74) is -3.14. The molecule has 0 atom stereocenters. The molecule has 1 aliphatic carbocycles. The number of carbonyl (C=O) groups is 1. The van der Waals surface area contributed by atoms with Crippen LogP contribution in [0, 0.1) is 4.91 Å². The van der Waals surface area contributed by atoms with Gasteiger partial charge < -0.3 is 10.1 Å². The van der Waals surface area contributed by atoms with Gasteiger partial charge in [0.2, 0.25) is 5.52 Å². The topological polar surface area (TPSA) is 96.4 Å². The molecule has 1 aromatic carbocycles. The van der Waals surface area contributed by atoms with Crippen molar-refractivity contribution in [3.63, 3.8) is 0 Å². The molecular formula is C14H13F3N3O5+. The van der Waals surface area contributed by atoms with Crippen LogP contribution in [0.15, 0.2) is 15.5 Å². The number of nitrogens with one attached hydrogen (secondary N) is 1. The highest BCUT2D eigenvalue weighted by Crippen LogP contribution is 2.48. The number of rotatable bonds is 2. The minimum Gasteiger partial charge on any atom is -0.496 e. The molecule has 3 rings (SSSR count). The van der Waals surface area contributed by atoms with Gasteiger partial charge in [0.05, 0.1) is 23.0 Å². The van der Waals surface area contributed by atoms with Gasteiger partial charge in [-0.2, -0.15) is 13.2 Å². The predicted octanol–water partition coefficient (Wildman–Crippen LogP) is 1.60. The van der Waals surface area contributed by atoms with Crippen LogP contribution in [0.2, 0.25) is 0 Å². The molecule has 2 aromatic rings. The van der Waals surface area contributed by atoms with Crippen molar-refractivity contribution in [1.29, 1.82) is 0 Å². The van der Waals surface area contributed by atoms with Crippen LogP contribution in [0.3, 0.4) is 0 Å². The Kier molecular flexibility index (Phi) is 3.81. The number of alkyl halides is 3. The Balaban J connectivity index is 2.57. The first-order valence-corrected chi connectivity index (χ1v) is 7.24. The third-order valence-electron chi connectivity index (χ3n) is 3.95. The molecule has 0 radical (unpaired) electrons. The lowest BCUT2D eigenvalue weighted by Crippen LogP contribution is -2.40. The summed E-state index contributed by atoms with van der Waals surface area (Å²) < 4.78 is 49.7. The van der Waals surface area contributed by atoms with Gasteiger partial charge in [-0.05, 0) is 29.7 Å². The molecule has 1 amide bonds. The van der Waals surface area contributed by atoms with E-state index in [0.717, 1.165) is 7.05 Å². The molecule has 25 heavy (non-hydrogen) atoms. The first-order valence-electron chi connectivity index (χ1n) is 7.24. The fourth-order valence-corrected chi connectivity index (χ4v) is 2.71. The van der Waals surface area contributed by atoms with E-state index < -0.39 is 34.2 Å². The zero-order valence-electron chi connectivity index (χ0n) is 13.1. The SMILES string of the molecule is CNC(=O)n1o[n+](=O)c2c(C3CC3)c(OC)cc(C(F)(F)F)c2c1=O. The van der Waals surface area contributed by atoms with Crippen molar-refractivity contribution < 1.29 is 31.9 Å². The van der Waals surface area contributed by atoms with Gasteiger partial charge in [0.25, 0.3) is 0 Å². The molecule has 1 aliphatic rings. The Morgan fingerprint density at radius 1 is 1.44 bits per heavy atom. The van der Waals surface area contributed by atoms with Crippen molar-refractivity contribution in [3.05, 3.63) is 32.5 Å². The van der Waals surface area contributed by atoms with Crippen molar-refractivity contribution in [2.24, 2.45) is 0 Å². The lowest BCUT2D eigenvalue weighted by Gasteiger charge is -2.13. The first kappa shape index (κ1) is 17.0. The third kappa shape index (κ3) is 2.65. The largest absolute Gasteiger partial charge is 0.496 e. The maximum Gasteiger partial charge on any atom is 0.452 e. The molecule has 1 N–H and O–H groups in total. The molecule has 0 aliphatic heterocycles. The number of ether oxygens (including phenoxy) is 1. The van der Waals surface area contributed by atoms with E-state index >= 15 is 0 Å². The van der Waals surface area contributed by atoms with E-state index in [1.807, 2.05) is 5.32 Å². The maximum atomic E-state index is 13.5. The van der Waals surface area contributed by atoms with Gasteiger partial charge in [-0.1, -0.05) is 4.63 Å². The highest BCUT2D eigenvalue weighted by molar-refractivity contribution is 5.87. The van der Waals surface area contributed by atoms with Crippen LogP contribution >= 0.6 is 0 Å². The average Bonchev–Trinajstić information content (AvgIpc) is 3.39. The minimum atomic E-state index is -4.94. The molecule has 0 spiro atoms. The summed E-state index contributed by atoms with van der Waals surface area (Å²) in [6, 6.07) is -0.501. The van der Waals surface area contributed by atoms with E-state index in [1.165, 1.54) is 7.11 Å². The fourth-order valence-electron chi connectivity index (χ4n) is 2.71. The second kappa shape index (κ2) is 5.60. The summed E-state index contributed by atoms with van der Waals surface area (Å²) >= 11 is 0. The summed E-state index contributed by atoms with van der Waals surface area (Å²) in [6.07, 6.45) is -3.67. The summed E-state index contributed by atoms with van der Waals surface area (Å²) in [5, 5.41) is 1.09. The number of methoxy groups -OCH3 is 1. The Labute approximate surface area is 137 Å². The summed E-state index contributed by atoms with van der Waals surface area (Å²) in [7, 11) is 2.31. The van der Waals surface area contributed by atoms with E-state index in [0.29, 0.717) is 18.9 Å². The molecule has 8 nitrogen and oxygen atoms in total. The van der Waals surface area contributed by atoms with E-state index in [-0.39, 0.29) is 26.6 Å². The number of hydrogen-bond donors (Lipinski definition) is 1. The van der Waals surface area contributed by atoms with Crippen LogP contribution in [0.25, 0.3) is 10.9 Å². The van der Waals surface area contributed by atoms with Crippen molar-refractivity contribution in [3.8, 4) is 5.75 Å². The Morgan fingerprint density at radius 2 is 2.08 bits per heavy atom. The van der Waals surface area contributed by atoms with Crippen LogP contribution in [-0.4, -0.2) is 24.9 Å². The van der Waals surface area contributed by atoms with Gasteiger partial charge in [-0.15, -0.1) is 0 Å². The molecule has 134 valence electrons. The van der Waals surface area contributed by atoms with E-state index in [1.54, 1.807) is 0 Å². The highest BCUT2D eigenvalue weighted by Gasteiger charge is 2.42. The van der Waals surface area contributed by atoms with Gasteiger partial charge in [0, 0.05) is 7.05 Å². The number of carbonyl (C=O) groups excluding carboxylic acids is 1. The zero-order valence-corrected chi connectivity index (χ0v) is 13.1. The lowest BCUT2D eigenvalue weighted by atomic mass is 10.0. The second-order valence-corrected chi connectivity index (χ2v) is 5.53. The van der Waals surface area contributed by atoms with Crippen LogP contribution in [0.4, 0.5) is 18.0 Å². The Bertz CT molecular complexity index is 988. The number of benzene rings is 1. The standard InChI is InChI=1S/C14H12F3N3O5/c1-18-13(22)19-12(21)10-7(14(15,16)17)5-8(24-2)9(6-3-4-6)11(10)20(23)25-19/h5-6H,3-4H2,1-2H3/p+1. The average molecular weight is 360 g/mol. The highest BCUT2D eigenvalue weighted by atomic mass is 19.4. The maximum absolute atomic E-state index is 13.5. The van der Waals surface area contributed by atoms with Gasteiger partial charge in [-0.3, -0.25) is 0 Å². The van der Waals surface area contributed by atoms with E-state index in [4.69, 9.17) is 4.74 Å². The zero-order chi connectivity index (χ0) is 18.5. The minimum absolute atomic E-state index is 0.0479. The van der Waals surface area contributed by atoms with Crippen LogP contribution in [0.1, 0.15) is 29.9 Å². The number of halogens is 3. The number of aromatic nitrogens is 2. The fraction of sp³-hybridized carbons (Fsp3) is 0.429. The molecule has 1 fully saturated rings. The quantitative estimate of drug-likeness (QED) is 0.878. The van der Waals surface area contributed by atoms with Gasteiger partial charge in [0.15, 0.2) is 4.60 Å². The van der Waals surface area contributed by atoms with Crippen LogP contribution < -0.4 is 20.2 Å². The van der Waals surface area contributed by atoms with Crippen LogP contribution in [0.5, 0.6) is 5.75 Å². The van der Waals surface area contributed by atoms with Crippen molar-refractivity contribution >= 4 is 16.9 Å². The smallest absolute Gasteiger partial charge is 0.452 e. The molecule has 1 aromatic heterocycles. The van der Waals surface area contributed by atoms with Crippen molar-refractivity contribution in [2.45, 2.75) is 24.9 Å². The number of nitrogens with zero attached hydrogens (tertiary/aromatic N) is 2. The molecule has 1 heterocycles. The summed E-state index contributed by atoms with van der Waals surface area (Å²) in [4.78, 5) is 36.4. The number of amides is 1.